The smallest absolute Gasteiger partial charge is 0.244 e. The first-order chi connectivity index (χ1) is 12.6. The van der Waals surface area contributed by atoms with Crippen molar-refractivity contribution >= 4 is 26.8 Å². The molecule has 0 amide bonds. The van der Waals surface area contributed by atoms with Crippen molar-refractivity contribution in [2.24, 2.45) is 0 Å². The maximum atomic E-state index is 12.6. The Labute approximate surface area is 152 Å². The number of hydrogen-bond acceptors (Lipinski definition) is 5. The van der Waals surface area contributed by atoms with E-state index in [0.29, 0.717) is 25.5 Å². The molecule has 136 valence electrons. The van der Waals surface area contributed by atoms with E-state index in [9.17, 15) is 8.42 Å². The van der Waals surface area contributed by atoms with Crippen LogP contribution in [0.2, 0.25) is 0 Å². The van der Waals surface area contributed by atoms with Crippen molar-refractivity contribution in [1.82, 2.24) is 9.29 Å². The van der Waals surface area contributed by atoms with Crippen molar-refractivity contribution in [2.45, 2.75) is 30.7 Å². The number of fused-ring (bicyclic) bond motifs is 1. The van der Waals surface area contributed by atoms with E-state index >= 15 is 0 Å². The third-order valence-electron chi connectivity index (χ3n) is 4.68. The molecule has 1 aliphatic rings. The van der Waals surface area contributed by atoms with E-state index in [1.165, 1.54) is 6.20 Å². The van der Waals surface area contributed by atoms with Gasteiger partial charge in [-0.05, 0) is 48.7 Å². The molecule has 0 saturated carbocycles. The minimum atomic E-state index is -3.43. The standard InChI is InChI=1S/C19H21N3O3S/c23-26(24,22-9-2-1-3-10-22)17-5-7-19(21-14-17)20-13-15-4-6-18-16(12-15)8-11-25-18/h4-8,11-12,14H,1-3,9-10,13H2,(H,20,21). The molecule has 4 rings (SSSR count). The molecule has 0 radical (unpaired) electrons. The highest BCUT2D eigenvalue weighted by molar-refractivity contribution is 7.89. The van der Waals surface area contributed by atoms with Crippen molar-refractivity contribution in [3.05, 3.63) is 54.4 Å². The monoisotopic (exact) mass is 371 g/mol. The normalized spacial score (nSPS) is 16.0. The second-order valence-electron chi connectivity index (χ2n) is 6.49. The Kier molecular flexibility index (Phi) is 4.65. The van der Waals surface area contributed by atoms with Gasteiger partial charge in [0, 0.05) is 31.2 Å². The molecule has 0 unspecified atom stereocenters. The Balaban J connectivity index is 1.43. The van der Waals surface area contributed by atoms with Crippen LogP contribution in [0.25, 0.3) is 11.0 Å². The van der Waals surface area contributed by atoms with Crippen LogP contribution >= 0.6 is 0 Å². The molecule has 0 atom stereocenters. The average Bonchev–Trinajstić information content (AvgIpc) is 3.15. The second-order valence-corrected chi connectivity index (χ2v) is 8.43. The van der Waals surface area contributed by atoms with Crippen LogP contribution in [-0.4, -0.2) is 30.8 Å². The fraction of sp³-hybridized carbons (Fsp3) is 0.316. The zero-order valence-corrected chi connectivity index (χ0v) is 15.2. The summed E-state index contributed by atoms with van der Waals surface area (Å²) in [5, 5.41) is 4.28. The highest BCUT2D eigenvalue weighted by Crippen LogP contribution is 2.21. The van der Waals surface area contributed by atoms with Gasteiger partial charge in [0.05, 0.1) is 6.26 Å². The fourth-order valence-corrected chi connectivity index (χ4v) is 4.67. The lowest BCUT2D eigenvalue weighted by molar-refractivity contribution is 0.346. The van der Waals surface area contributed by atoms with E-state index in [-0.39, 0.29) is 4.90 Å². The zero-order chi connectivity index (χ0) is 18.0. The second kappa shape index (κ2) is 7.09. The maximum absolute atomic E-state index is 12.6. The summed E-state index contributed by atoms with van der Waals surface area (Å²) in [7, 11) is -3.43. The number of nitrogens with zero attached hydrogens (tertiary/aromatic N) is 2. The molecule has 6 nitrogen and oxygen atoms in total. The van der Waals surface area contributed by atoms with E-state index in [0.717, 1.165) is 35.8 Å². The van der Waals surface area contributed by atoms with Gasteiger partial charge < -0.3 is 9.73 Å². The molecular formula is C19H21N3O3S. The Morgan fingerprint density at radius 3 is 2.69 bits per heavy atom. The number of piperidine rings is 1. The lowest BCUT2D eigenvalue weighted by Gasteiger charge is -2.25. The van der Waals surface area contributed by atoms with E-state index in [1.54, 1.807) is 22.7 Å². The highest BCUT2D eigenvalue weighted by atomic mass is 32.2. The van der Waals surface area contributed by atoms with Gasteiger partial charge in [-0.1, -0.05) is 12.5 Å². The van der Waals surface area contributed by atoms with Gasteiger partial charge >= 0.3 is 0 Å². The van der Waals surface area contributed by atoms with Gasteiger partial charge in [0.2, 0.25) is 10.0 Å². The van der Waals surface area contributed by atoms with Crippen LogP contribution in [0.3, 0.4) is 0 Å². The lowest BCUT2D eigenvalue weighted by Crippen LogP contribution is -2.35. The highest BCUT2D eigenvalue weighted by Gasteiger charge is 2.26. The molecular weight excluding hydrogens is 350 g/mol. The third kappa shape index (κ3) is 3.45. The average molecular weight is 371 g/mol. The van der Waals surface area contributed by atoms with Gasteiger partial charge in [-0.15, -0.1) is 0 Å². The van der Waals surface area contributed by atoms with Gasteiger partial charge in [0.25, 0.3) is 0 Å². The van der Waals surface area contributed by atoms with E-state index in [2.05, 4.69) is 16.4 Å². The summed E-state index contributed by atoms with van der Waals surface area (Å²) in [4.78, 5) is 4.53. The number of anilines is 1. The minimum absolute atomic E-state index is 0.254. The van der Waals surface area contributed by atoms with Crippen LogP contribution in [-0.2, 0) is 16.6 Å². The number of furan rings is 1. The molecule has 3 heterocycles. The van der Waals surface area contributed by atoms with E-state index in [1.807, 2.05) is 18.2 Å². The Bertz CT molecular complexity index is 990. The van der Waals surface area contributed by atoms with Gasteiger partial charge in [0.1, 0.15) is 16.3 Å². The molecule has 1 N–H and O–H groups in total. The summed E-state index contributed by atoms with van der Waals surface area (Å²) in [5.74, 6) is 0.648. The molecule has 1 fully saturated rings. The summed E-state index contributed by atoms with van der Waals surface area (Å²) in [5.41, 5.74) is 1.96. The molecule has 1 saturated heterocycles. The number of hydrogen-bond donors (Lipinski definition) is 1. The van der Waals surface area contributed by atoms with Crippen LogP contribution in [0.5, 0.6) is 0 Å². The summed E-state index contributed by atoms with van der Waals surface area (Å²) < 4.78 is 32.2. The van der Waals surface area contributed by atoms with Crippen LogP contribution in [0, 0.1) is 0 Å². The Hall–Kier alpha value is -2.38. The number of benzene rings is 1. The van der Waals surface area contributed by atoms with Crippen LogP contribution in [0.4, 0.5) is 5.82 Å². The van der Waals surface area contributed by atoms with E-state index < -0.39 is 10.0 Å². The van der Waals surface area contributed by atoms with Crippen LogP contribution < -0.4 is 5.32 Å². The zero-order valence-electron chi connectivity index (χ0n) is 14.4. The van der Waals surface area contributed by atoms with Gasteiger partial charge in [-0.2, -0.15) is 4.31 Å². The van der Waals surface area contributed by atoms with Gasteiger partial charge in [-0.3, -0.25) is 0 Å². The van der Waals surface area contributed by atoms with Crippen molar-refractivity contribution in [1.29, 1.82) is 0 Å². The maximum Gasteiger partial charge on any atom is 0.244 e. The third-order valence-corrected chi connectivity index (χ3v) is 6.56. The number of aromatic nitrogens is 1. The summed E-state index contributed by atoms with van der Waals surface area (Å²) >= 11 is 0. The lowest BCUT2D eigenvalue weighted by atomic mass is 10.1. The first kappa shape index (κ1) is 17.1. The molecule has 0 aliphatic carbocycles. The molecule has 1 aliphatic heterocycles. The largest absolute Gasteiger partial charge is 0.464 e. The Morgan fingerprint density at radius 2 is 1.92 bits per heavy atom. The van der Waals surface area contributed by atoms with Gasteiger partial charge in [0.15, 0.2) is 0 Å². The molecule has 1 aromatic carbocycles. The molecule has 7 heteroatoms. The van der Waals surface area contributed by atoms with Crippen LogP contribution in [0.15, 0.2) is 58.2 Å². The first-order valence-electron chi connectivity index (χ1n) is 8.79. The number of rotatable bonds is 5. The van der Waals surface area contributed by atoms with Gasteiger partial charge in [-0.25, -0.2) is 13.4 Å². The van der Waals surface area contributed by atoms with E-state index in [4.69, 9.17) is 4.42 Å². The summed E-state index contributed by atoms with van der Waals surface area (Å²) in [6, 6.07) is 11.3. The number of nitrogens with one attached hydrogen (secondary N) is 1. The topological polar surface area (TPSA) is 75.4 Å². The Morgan fingerprint density at radius 1 is 1.08 bits per heavy atom. The molecule has 0 spiro atoms. The predicted octanol–water partition coefficient (Wildman–Crippen LogP) is 3.61. The molecule has 2 aromatic heterocycles. The first-order valence-corrected chi connectivity index (χ1v) is 10.2. The van der Waals surface area contributed by atoms with Crippen molar-refractivity contribution in [3.63, 3.8) is 0 Å². The van der Waals surface area contributed by atoms with Crippen molar-refractivity contribution in [3.8, 4) is 0 Å². The number of sulfonamides is 1. The van der Waals surface area contributed by atoms with Crippen molar-refractivity contribution in [2.75, 3.05) is 18.4 Å². The fourth-order valence-electron chi connectivity index (χ4n) is 3.21. The molecule has 3 aromatic rings. The summed E-state index contributed by atoms with van der Waals surface area (Å²) in [6.07, 6.45) is 6.05. The van der Waals surface area contributed by atoms with Crippen molar-refractivity contribution < 1.29 is 12.8 Å². The molecule has 0 bridgehead atoms. The SMILES string of the molecule is O=S(=O)(c1ccc(NCc2ccc3occc3c2)nc1)N1CCCCC1. The predicted molar refractivity (Wildman–Crippen MR) is 100 cm³/mol. The minimum Gasteiger partial charge on any atom is -0.464 e. The summed E-state index contributed by atoms with van der Waals surface area (Å²) in [6.45, 7) is 1.80. The number of pyridine rings is 1. The molecule has 26 heavy (non-hydrogen) atoms. The van der Waals surface area contributed by atoms with Crippen LogP contribution in [0.1, 0.15) is 24.8 Å². The quantitative estimate of drug-likeness (QED) is 0.741.